The zero-order chi connectivity index (χ0) is 23.0. The van der Waals surface area contributed by atoms with E-state index in [2.05, 4.69) is 9.97 Å². The number of aromatic amines is 1. The Balaban J connectivity index is 1.40. The Morgan fingerprint density at radius 2 is 1.62 bits per heavy atom. The molecule has 1 fully saturated rings. The Morgan fingerprint density at radius 3 is 2.25 bits per heavy atom. The van der Waals surface area contributed by atoms with Crippen LogP contribution < -0.4 is 0 Å². The summed E-state index contributed by atoms with van der Waals surface area (Å²) in [6.45, 7) is 9.05. The summed E-state index contributed by atoms with van der Waals surface area (Å²) in [7, 11) is -3.61. The Kier molecular flexibility index (Phi) is 6.09. The van der Waals surface area contributed by atoms with E-state index >= 15 is 0 Å². The van der Waals surface area contributed by atoms with Crippen LogP contribution >= 0.6 is 0 Å². The number of aryl methyl sites for hydroxylation is 3. The first-order valence-electron chi connectivity index (χ1n) is 11.0. The largest absolute Gasteiger partial charge is 0.342 e. The maximum atomic E-state index is 13.4. The van der Waals surface area contributed by atoms with E-state index in [4.69, 9.17) is 0 Å². The third-order valence-electron chi connectivity index (χ3n) is 6.50. The number of imidazole rings is 1. The quantitative estimate of drug-likeness (QED) is 0.641. The van der Waals surface area contributed by atoms with Gasteiger partial charge in [0.25, 0.3) is 0 Å². The predicted molar refractivity (Wildman–Crippen MR) is 125 cm³/mol. The molecule has 0 aliphatic carbocycles. The minimum atomic E-state index is -3.61. The van der Waals surface area contributed by atoms with Gasteiger partial charge in [0, 0.05) is 39.0 Å². The molecule has 1 amide bonds. The number of para-hydroxylation sites is 2. The van der Waals surface area contributed by atoms with Crippen LogP contribution in [-0.2, 0) is 21.2 Å². The summed E-state index contributed by atoms with van der Waals surface area (Å²) in [6.07, 6.45) is 0.884. The summed E-state index contributed by atoms with van der Waals surface area (Å²) in [5.74, 6) is 0.822. The van der Waals surface area contributed by atoms with Crippen molar-refractivity contribution in [1.82, 2.24) is 19.2 Å². The second-order valence-electron chi connectivity index (χ2n) is 8.58. The molecule has 1 N–H and O–H groups in total. The molecule has 32 heavy (non-hydrogen) atoms. The summed E-state index contributed by atoms with van der Waals surface area (Å²) in [5.41, 5.74) is 5.42. The number of hydrogen-bond donors (Lipinski definition) is 1. The lowest BCUT2D eigenvalue weighted by molar-refractivity contribution is -0.132. The van der Waals surface area contributed by atoms with E-state index in [0.717, 1.165) is 39.1 Å². The highest BCUT2D eigenvalue weighted by molar-refractivity contribution is 7.89. The standard InChI is InChI=1S/C24H30N4O3S/c1-16-15-17(2)19(4)24(18(16)3)32(30,31)28-13-11-27(12-14-28)23(29)10-9-22-25-20-7-5-6-8-21(20)26-22/h5-8,15H,9-14H2,1-4H3,(H,25,26). The minimum absolute atomic E-state index is 0.0289. The number of nitrogens with one attached hydrogen (secondary N) is 1. The first-order valence-corrected chi connectivity index (χ1v) is 12.4. The molecule has 0 radical (unpaired) electrons. The van der Waals surface area contributed by atoms with Gasteiger partial charge in [0.1, 0.15) is 5.82 Å². The number of sulfonamides is 1. The van der Waals surface area contributed by atoms with E-state index in [1.165, 1.54) is 4.31 Å². The minimum Gasteiger partial charge on any atom is -0.342 e. The Morgan fingerprint density at radius 1 is 1.00 bits per heavy atom. The molecule has 7 nitrogen and oxygen atoms in total. The Bertz CT molecular complexity index is 1210. The molecule has 0 atom stereocenters. The molecule has 0 saturated carbocycles. The average molecular weight is 455 g/mol. The van der Waals surface area contributed by atoms with Gasteiger partial charge < -0.3 is 9.88 Å². The molecule has 1 aromatic heterocycles. The van der Waals surface area contributed by atoms with Gasteiger partial charge >= 0.3 is 0 Å². The van der Waals surface area contributed by atoms with Crippen molar-refractivity contribution in [3.63, 3.8) is 0 Å². The van der Waals surface area contributed by atoms with Crippen LogP contribution in [0.3, 0.4) is 0 Å². The highest BCUT2D eigenvalue weighted by Crippen LogP contribution is 2.29. The fraction of sp³-hybridized carbons (Fsp3) is 0.417. The normalized spacial score (nSPS) is 15.4. The molecular formula is C24H30N4O3S. The van der Waals surface area contributed by atoms with Crippen molar-refractivity contribution in [1.29, 1.82) is 0 Å². The maximum absolute atomic E-state index is 13.4. The van der Waals surface area contributed by atoms with Crippen molar-refractivity contribution < 1.29 is 13.2 Å². The van der Waals surface area contributed by atoms with Crippen LogP contribution in [0.4, 0.5) is 0 Å². The molecule has 1 aliphatic heterocycles. The van der Waals surface area contributed by atoms with Gasteiger partial charge in [-0.3, -0.25) is 4.79 Å². The third-order valence-corrected chi connectivity index (χ3v) is 8.67. The lowest BCUT2D eigenvalue weighted by Gasteiger charge is -2.35. The number of aromatic nitrogens is 2. The second kappa shape index (κ2) is 8.67. The molecule has 4 rings (SSSR count). The van der Waals surface area contributed by atoms with Crippen LogP contribution in [-0.4, -0.2) is 59.7 Å². The van der Waals surface area contributed by atoms with Gasteiger partial charge in [0.2, 0.25) is 15.9 Å². The molecule has 170 valence electrons. The smallest absolute Gasteiger partial charge is 0.243 e. The van der Waals surface area contributed by atoms with Crippen LogP contribution in [0.25, 0.3) is 11.0 Å². The zero-order valence-electron chi connectivity index (χ0n) is 19.1. The summed E-state index contributed by atoms with van der Waals surface area (Å²) in [6, 6.07) is 9.82. The predicted octanol–water partition coefficient (Wildman–Crippen LogP) is 3.26. The first kappa shape index (κ1) is 22.5. The van der Waals surface area contributed by atoms with Gasteiger partial charge in [-0.05, 0) is 62.1 Å². The van der Waals surface area contributed by atoms with E-state index in [1.807, 2.05) is 58.0 Å². The SMILES string of the molecule is Cc1cc(C)c(C)c(S(=O)(=O)N2CCN(C(=O)CCc3nc4ccccc4[nH]3)CC2)c1C. The molecule has 3 aromatic rings. The van der Waals surface area contributed by atoms with E-state index in [9.17, 15) is 13.2 Å². The van der Waals surface area contributed by atoms with Gasteiger partial charge in [-0.15, -0.1) is 0 Å². The number of nitrogens with zero attached hydrogens (tertiary/aromatic N) is 3. The summed E-state index contributed by atoms with van der Waals surface area (Å²) >= 11 is 0. The van der Waals surface area contributed by atoms with E-state index < -0.39 is 10.0 Å². The number of benzene rings is 2. The second-order valence-corrected chi connectivity index (χ2v) is 10.4. The third kappa shape index (κ3) is 4.17. The molecule has 0 spiro atoms. The van der Waals surface area contributed by atoms with Gasteiger partial charge in [-0.25, -0.2) is 13.4 Å². The molecule has 2 heterocycles. The van der Waals surface area contributed by atoms with E-state index in [-0.39, 0.29) is 5.91 Å². The van der Waals surface area contributed by atoms with Crippen LogP contribution in [0.15, 0.2) is 35.2 Å². The number of hydrogen-bond acceptors (Lipinski definition) is 4. The van der Waals surface area contributed by atoms with Gasteiger partial charge in [0.15, 0.2) is 0 Å². The van der Waals surface area contributed by atoms with Gasteiger partial charge in [-0.1, -0.05) is 18.2 Å². The van der Waals surface area contributed by atoms with Crippen LogP contribution in [0.1, 0.15) is 34.5 Å². The molecule has 0 unspecified atom stereocenters. The number of carbonyl (C=O) groups is 1. The van der Waals surface area contributed by atoms with Crippen LogP contribution in [0.5, 0.6) is 0 Å². The van der Waals surface area contributed by atoms with Crippen molar-refractivity contribution in [2.24, 2.45) is 0 Å². The lowest BCUT2D eigenvalue weighted by Crippen LogP contribution is -2.50. The monoisotopic (exact) mass is 454 g/mol. The van der Waals surface area contributed by atoms with E-state index in [1.54, 1.807) is 4.90 Å². The zero-order valence-corrected chi connectivity index (χ0v) is 19.9. The van der Waals surface area contributed by atoms with Crippen molar-refractivity contribution in [2.75, 3.05) is 26.2 Å². The van der Waals surface area contributed by atoms with Gasteiger partial charge in [0.05, 0.1) is 15.9 Å². The van der Waals surface area contributed by atoms with Crippen molar-refractivity contribution >= 4 is 27.0 Å². The molecule has 1 aliphatic rings. The van der Waals surface area contributed by atoms with Crippen molar-refractivity contribution in [3.8, 4) is 0 Å². The van der Waals surface area contributed by atoms with Gasteiger partial charge in [-0.2, -0.15) is 4.31 Å². The topological polar surface area (TPSA) is 86.4 Å². The first-order chi connectivity index (χ1) is 15.2. The molecule has 0 bridgehead atoms. The van der Waals surface area contributed by atoms with Crippen LogP contribution in [0, 0.1) is 27.7 Å². The fourth-order valence-electron chi connectivity index (χ4n) is 4.38. The van der Waals surface area contributed by atoms with Crippen LogP contribution in [0.2, 0.25) is 0 Å². The Hall–Kier alpha value is -2.71. The average Bonchev–Trinajstić information content (AvgIpc) is 3.19. The van der Waals surface area contributed by atoms with Crippen molar-refractivity contribution in [2.45, 2.75) is 45.4 Å². The number of carbonyl (C=O) groups excluding carboxylic acids is 1. The number of H-pyrrole nitrogens is 1. The Labute approximate surface area is 189 Å². The fourth-order valence-corrected chi connectivity index (χ4v) is 6.38. The molecule has 2 aromatic carbocycles. The summed E-state index contributed by atoms with van der Waals surface area (Å²) < 4.78 is 28.3. The summed E-state index contributed by atoms with van der Waals surface area (Å²) in [4.78, 5) is 22.7. The van der Waals surface area contributed by atoms with Crippen molar-refractivity contribution in [3.05, 3.63) is 58.4 Å². The molecule has 8 heteroatoms. The number of rotatable bonds is 5. The summed E-state index contributed by atoms with van der Waals surface area (Å²) in [5, 5.41) is 0. The molecule has 1 saturated heterocycles. The molecular weight excluding hydrogens is 424 g/mol. The lowest BCUT2D eigenvalue weighted by atomic mass is 10.0. The highest BCUT2D eigenvalue weighted by atomic mass is 32.2. The number of piperazine rings is 1. The van der Waals surface area contributed by atoms with E-state index in [0.29, 0.717) is 43.9 Å². The number of amides is 1. The highest BCUT2D eigenvalue weighted by Gasteiger charge is 2.32. The number of fused-ring (bicyclic) bond motifs is 1. The maximum Gasteiger partial charge on any atom is 0.243 e.